The van der Waals surface area contributed by atoms with Crippen LogP contribution in [0.3, 0.4) is 0 Å². The van der Waals surface area contributed by atoms with Crippen LogP contribution in [-0.2, 0) is 67.1 Å². The minimum absolute atomic E-state index is 0.00288. The summed E-state index contributed by atoms with van der Waals surface area (Å²) in [5.74, 6) is -16.0. The number of thiol groups is 1. The molecule has 0 rings (SSSR count). The van der Waals surface area contributed by atoms with E-state index in [0.717, 1.165) is 6.92 Å². The normalized spacial score (nSPS) is 14.4. The molecule has 0 heterocycles. The van der Waals surface area contributed by atoms with Crippen molar-refractivity contribution in [3.63, 3.8) is 0 Å². The van der Waals surface area contributed by atoms with Gasteiger partial charge in [0.15, 0.2) is 5.96 Å². The molecule has 0 aliphatic heterocycles. The van der Waals surface area contributed by atoms with E-state index in [9.17, 15) is 92.7 Å². The number of amides is 11. The minimum Gasteiger partial charge on any atom is -0.481 e. The number of aliphatic hydroxyl groups is 2. The van der Waals surface area contributed by atoms with Crippen molar-refractivity contribution in [3.8, 4) is 0 Å². The summed E-state index contributed by atoms with van der Waals surface area (Å²) in [6.45, 7) is 5.55. The van der Waals surface area contributed by atoms with Gasteiger partial charge < -0.3 is 107 Å². The van der Waals surface area contributed by atoms with Crippen LogP contribution in [0.15, 0.2) is 4.99 Å². The van der Waals surface area contributed by atoms with Crippen LogP contribution in [0.4, 0.5) is 0 Å². The summed E-state index contributed by atoms with van der Waals surface area (Å²) in [7, 11) is 0. The van der Waals surface area contributed by atoms with Crippen molar-refractivity contribution in [2.45, 2.75) is 172 Å². The summed E-state index contributed by atoms with van der Waals surface area (Å²) in [5.41, 5.74) is 22.0. The summed E-state index contributed by atoms with van der Waals surface area (Å²) in [5, 5.41) is 74.4. The number of nitrogens with two attached hydrogens (primary N) is 4. The zero-order valence-corrected chi connectivity index (χ0v) is 50.4. The molecule has 0 fully saturated rings. The van der Waals surface area contributed by atoms with Crippen LogP contribution < -0.4 is 81.4 Å². The van der Waals surface area contributed by atoms with E-state index in [2.05, 4.69) is 76.1 Å². The fourth-order valence-corrected chi connectivity index (χ4v) is 8.03. The van der Waals surface area contributed by atoms with Crippen molar-refractivity contribution in [1.82, 2.24) is 58.5 Å². The highest BCUT2D eigenvalue weighted by atomic mass is 32.1. The third-order valence-electron chi connectivity index (χ3n) is 12.3. The largest absolute Gasteiger partial charge is 0.481 e. The van der Waals surface area contributed by atoms with E-state index in [1.807, 2.05) is 0 Å². The van der Waals surface area contributed by atoms with Crippen LogP contribution in [0.2, 0.25) is 0 Å². The van der Waals surface area contributed by atoms with Crippen molar-refractivity contribution in [3.05, 3.63) is 0 Å². The lowest BCUT2D eigenvalue weighted by molar-refractivity contribution is -0.142. The monoisotopic (exact) mass is 1260 g/mol. The van der Waals surface area contributed by atoms with Gasteiger partial charge in [-0.2, -0.15) is 12.6 Å². The Hall–Kier alpha value is -7.96. The summed E-state index contributed by atoms with van der Waals surface area (Å²) in [6.07, 6.45) is -2.92. The van der Waals surface area contributed by atoms with Gasteiger partial charge >= 0.3 is 17.9 Å². The summed E-state index contributed by atoms with van der Waals surface area (Å²) in [4.78, 5) is 184. The number of hydrogen-bond acceptors (Lipinski definition) is 20. The van der Waals surface area contributed by atoms with E-state index in [4.69, 9.17) is 22.9 Å². The quantitative estimate of drug-likeness (QED) is 0.0117. The van der Waals surface area contributed by atoms with E-state index >= 15 is 0 Å². The first kappa shape index (κ1) is 79.0. The fourth-order valence-electron chi connectivity index (χ4n) is 7.78. The van der Waals surface area contributed by atoms with Gasteiger partial charge in [-0.1, -0.05) is 27.7 Å². The van der Waals surface area contributed by atoms with Crippen LogP contribution in [0.1, 0.15) is 112 Å². The minimum atomic E-state index is -1.80. The smallest absolute Gasteiger partial charge is 0.327 e. The molecule has 10 atom stereocenters. The second-order valence-electron chi connectivity index (χ2n) is 21.0. The number of aliphatic imine (C=N–C) groups is 1. The molecule has 35 nitrogen and oxygen atoms in total. The van der Waals surface area contributed by atoms with Crippen molar-refractivity contribution in [1.29, 1.82) is 0 Å². The molecule has 0 aromatic rings. The number of guanidine groups is 1. The Morgan fingerprint density at radius 3 is 1.43 bits per heavy atom. The number of carboxylic acids is 3. The molecule has 0 aromatic carbocycles. The fraction of sp³-hybridized carbons (Fsp3) is 0.706. The molecule has 36 heteroatoms. The zero-order valence-electron chi connectivity index (χ0n) is 49.5. The molecule has 1 unspecified atom stereocenters. The third-order valence-corrected chi connectivity index (χ3v) is 12.6. The Morgan fingerprint density at radius 2 is 0.943 bits per heavy atom. The Kier molecular flexibility index (Phi) is 38.9. The second kappa shape index (κ2) is 42.8. The van der Waals surface area contributed by atoms with E-state index < -0.39 is 176 Å². The van der Waals surface area contributed by atoms with Gasteiger partial charge in [-0.05, 0) is 83.1 Å². The number of aliphatic hydroxyl groups excluding tert-OH is 2. The average Bonchev–Trinajstić information content (AvgIpc) is 3.15. The maximum Gasteiger partial charge on any atom is 0.327 e. The molecule has 87 heavy (non-hydrogen) atoms. The number of carbonyl (C=O) groups excluding carboxylic acids is 11. The summed E-state index contributed by atoms with van der Waals surface area (Å²) in [6, 6.07) is -13.9. The van der Waals surface area contributed by atoms with Gasteiger partial charge in [0, 0.05) is 25.3 Å². The average molecular weight is 1260 g/mol. The van der Waals surface area contributed by atoms with Gasteiger partial charge in [0.1, 0.15) is 48.3 Å². The highest BCUT2D eigenvalue weighted by molar-refractivity contribution is 7.80. The van der Waals surface area contributed by atoms with E-state index in [1.54, 1.807) is 27.7 Å². The lowest BCUT2D eigenvalue weighted by atomic mass is 10.0. The van der Waals surface area contributed by atoms with Gasteiger partial charge in [-0.25, -0.2) is 4.79 Å². The molecule has 0 saturated carbocycles. The van der Waals surface area contributed by atoms with Crippen molar-refractivity contribution >= 4 is 101 Å². The molecule has 24 N–H and O–H groups in total. The molecule has 0 aliphatic carbocycles. The van der Waals surface area contributed by atoms with Gasteiger partial charge in [-0.3, -0.25) is 67.3 Å². The predicted octanol–water partition coefficient (Wildman–Crippen LogP) is -7.68. The number of aliphatic carboxylic acids is 3. The lowest BCUT2D eigenvalue weighted by Gasteiger charge is -2.28. The molecule has 0 spiro atoms. The highest BCUT2D eigenvalue weighted by Crippen LogP contribution is 2.11. The number of unbranched alkanes of at least 4 members (excludes halogenated alkanes) is 2. The number of nitrogens with one attached hydrogen (secondary N) is 11. The molecule has 0 saturated heterocycles. The van der Waals surface area contributed by atoms with Crippen LogP contribution in [0.25, 0.3) is 0 Å². The topological polar surface area (TPSA) is 589 Å². The van der Waals surface area contributed by atoms with E-state index in [0.29, 0.717) is 12.8 Å². The third kappa shape index (κ3) is 34.7. The molecule has 0 aromatic heterocycles. The predicted molar refractivity (Wildman–Crippen MR) is 313 cm³/mol. The Bertz CT molecular complexity index is 2360. The highest BCUT2D eigenvalue weighted by Gasteiger charge is 2.36. The van der Waals surface area contributed by atoms with Gasteiger partial charge in [0.2, 0.25) is 65.0 Å². The molecule has 0 bridgehead atoms. The van der Waals surface area contributed by atoms with E-state index in [1.165, 1.54) is 0 Å². The summed E-state index contributed by atoms with van der Waals surface area (Å²) >= 11 is 3.89. The van der Waals surface area contributed by atoms with Gasteiger partial charge in [0.05, 0.1) is 44.7 Å². The SMILES string of the molecule is CC(C)CC(=O)N[C@@H](CC(=O)O)C(=O)N[C@H](C(=O)N[C@@H](CC(C)C)C(=O)N[C@@H](CCCCN)C(=O)N[C@@H](CCCCNC(=O)[C@H](CO)NC(=O)[C@H](CC(=O)O)NC(=O)CNC(=O)[C@@H](N)CCCN=C(N)N)C(=O)NCC(=O)N[C@@H](CS)C(=O)O)C(C)O. The Morgan fingerprint density at radius 1 is 0.483 bits per heavy atom. The van der Waals surface area contributed by atoms with Crippen molar-refractivity contribution in [2.24, 2.45) is 39.8 Å². The second-order valence-corrected chi connectivity index (χ2v) is 21.4. The van der Waals surface area contributed by atoms with Gasteiger partial charge in [0.25, 0.3) is 0 Å². The first-order chi connectivity index (χ1) is 40.8. The van der Waals surface area contributed by atoms with E-state index in [-0.39, 0.29) is 94.5 Å². The lowest BCUT2D eigenvalue weighted by Crippen LogP contribution is -2.61. The number of hydrogen-bond donors (Lipinski definition) is 21. The molecule has 494 valence electrons. The van der Waals surface area contributed by atoms with Crippen molar-refractivity contribution in [2.75, 3.05) is 45.1 Å². The number of rotatable bonds is 45. The number of carboxylic acid groups (broad SMARTS) is 3. The van der Waals surface area contributed by atoms with Gasteiger partial charge in [-0.15, -0.1) is 0 Å². The summed E-state index contributed by atoms with van der Waals surface area (Å²) < 4.78 is 0. The van der Waals surface area contributed by atoms with Crippen LogP contribution >= 0.6 is 12.6 Å². The molecular formula is C51H90N16O19S. The molecular weight excluding hydrogens is 1170 g/mol. The zero-order chi connectivity index (χ0) is 66.5. The van der Waals surface area contributed by atoms with Crippen LogP contribution in [0, 0.1) is 11.8 Å². The van der Waals surface area contributed by atoms with Crippen LogP contribution in [0.5, 0.6) is 0 Å². The van der Waals surface area contributed by atoms with Crippen LogP contribution in [-0.4, -0.2) is 220 Å². The number of nitrogens with zero attached hydrogens (tertiary/aromatic N) is 1. The standard InChI is InChI=1S/C51H90N16O19S/c1-25(2)17-31(65-49(84)41(27(5)69)67-48(83)33(20-40(75)76)60-36(70)18-26(3)4)46(81)64-30(12-6-8-14-52)45(80)63-29(43(78)59-22-38(72)62-35(24-87)50(85)86)13-7-9-15-56-44(79)34(23-68)66-47(82)32(19-39(73)74)61-37(71)21-58-42(77)28(53)11-10-16-57-51(54)55/h25-35,41,68-69,87H,6-24,52-53H2,1-5H3,(H,56,79)(H,58,77)(H,59,78)(H,60,70)(H,61,71)(H,62,72)(H,63,80)(H,64,81)(H,65,84)(H,66,82)(H,67,83)(H,73,74)(H,75,76)(H,85,86)(H4,54,55,57)/t27?,28-,29-,30-,31-,32-,33-,34-,35-,41-/m0/s1. The maximum atomic E-state index is 14.2. The number of carbonyl (C=O) groups is 14. The first-order valence-corrected chi connectivity index (χ1v) is 28.7. The Balaban J connectivity index is 6.44. The first-order valence-electron chi connectivity index (χ1n) is 28.1. The molecule has 0 aliphatic rings. The Labute approximate surface area is 508 Å². The maximum absolute atomic E-state index is 14.2. The molecule has 0 radical (unpaired) electrons. The molecule has 11 amide bonds. The van der Waals surface area contributed by atoms with Crippen molar-refractivity contribution < 1.29 is 92.7 Å².